The molecule has 1 heterocycles. The first-order chi connectivity index (χ1) is 7.63. The summed E-state index contributed by atoms with van der Waals surface area (Å²) < 4.78 is 5.21. The van der Waals surface area contributed by atoms with E-state index in [-0.39, 0.29) is 5.91 Å². The largest absolute Gasteiger partial charge is 0.493 e. The molecule has 0 saturated carbocycles. The zero-order valence-corrected chi connectivity index (χ0v) is 9.75. The molecule has 1 aliphatic heterocycles. The number of hydrogen-bond acceptors (Lipinski definition) is 3. The normalized spacial score (nSPS) is 15.6. The zero-order valence-electron chi connectivity index (χ0n) is 9.00. The smallest absolute Gasteiger partial charge is 0.227 e. The number of carbonyl (C=O) groups excluding carboxylic acids is 1. The van der Waals surface area contributed by atoms with Gasteiger partial charge < -0.3 is 15.4 Å². The highest BCUT2D eigenvalue weighted by atomic mass is 35.5. The van der Waals surface area contributed by atoms with Gasteiger partial charge in [-0.1, -0.05) is 11.6 Å². The SMILES string of the molecule is COc1c(Cl)cc(N)cc1N1CCCC1=O. The number of halogens is 1. The van der Waals surface area contributed by atoms with Crippen molar-refractivity contribution in [2.45, 2.75) is 12.8 Å². The first kappa shape index (κ1) is 11.1. The monoisotopic (exact) mass is 240 g/mol. The Morgan fingerprint density at radius 1 is 1.50 bits per heavy atom. The van der Waals surface area contributed by atoms with E-state index in [9.17, 15) is 4.79 Å². The highest BCUT2D eigenvalue weighted by Crippen LogP contribution is 2.39. The molecule has 1 saturated heterocycles. The molecule has 1 aromatic carbocycles. The van der Waals surface area contributed by atoms with Crippen molar-refractivity contribution in [2.75, 3.05) is 24.3 Å². The second-order valence-electron chi connectivity index (χ2n) is 3.70. The lowest BCUT2D eigenvalue weighted by Gasteiger charge is -2.20. The van der Waals surface area contributed by atoms with E-state index in [0.717, 1.165) is 6.42 Å². The minimum absolute atomic E-state index is 0.0833. The summed E-state index contributed by atoms with van der Waals surface area (Å²) in [6.07, 6.45) is 1.42. The van der Waals surface area contributed by atoms with Crippen LogP contribution in [0.4, 0.5) is 11.4 Å². The van der Waals surface area contributed by atoms with Crippen molar-refractivity contribution >= 4 is 28.9 Å². The van der Waals surface area contributed by atoms with Crippen molar-refractivity contribution in [3.63, 3.8) is 0 Å². The lowest BCUT2D eigenvalue weighted by Crippen LogP contribution is -2.24. The van der Waals surface area contributed by atoms with E-state index in [1.165, 1.54) is 7.11 Å². The minimum Gasteiger partial charge on any atom is -0.493 e. The van der Waals surface area contributed by atoms with Crippen molar-refractivity contribution in [3.05, 3.63) is 17.2 Å². The standard InChI is InChI=1S/C11H13ClN2O2/c1-16-11-8(12)5-7(13)6-9(11)14-4-2-3-10(14)15/h5-6H,2-4,13H2,1H3. The average Bonchev–Trinajstić information content (AvgIpc) is 2.63. The van der Waals surface area contributed by atoms with Crippen molar-refractivity contribution in [2.24, 2.45) is 0 Å². The van der Waals surface area contributed by atoms with Crippen LogP contribution in [0.15, 0.2) is 12.1 Å². The molecule has 0 bridgehead atoms. The predicted octanol–water partition coefficient (Wildman–Crippen LogP) is 2.06. The Kier molecular flexibility index (Phi) is 2.92. The molecule has 86 valence electrons. The number of nitrogen functional groups attached to an aromatic ring is 1. The van der Waals surface area contributed by atoms with E-state index in [1.807, 2.05) is 0 Å². The third-order valence-corrected chi connectivity index (χ3v) is 2.90. The molecule has 1 aliphatic rings. The van der Waals surface area contributed by atoms with Gasteiger partial charge in [0.1, 0.15) is 0 Å². The van der Waals surface area contributed by atoms with Gasteiger partial charge in [0, 0.05) is 18.7 Å². The third kappa shape index (κ3) is 1.80. The molecule has 0 spiro atoms. The summed E-state index contributed by atoms with van der Waals surface area (Å²) in [6, 6.07) is 3.33. The van der Waals surface area contributed by atoms with Gasteiger partial charge in [0.15, 0.2) is 5.75 Å². The second-order valence-corrected chi connectivity index (χ2v) is 4.11. The number of carbonyl (C=O) groups is 1. The van der Waals surface area contributed by atoms with Crippen molar-refractivity contribution in [1.29, 1.82) is 0 Å². The Balaban J connectivity index is 2.49. The molecule has 1 fully saturated rings. The number of nitrogens with zero attached hydrogens (tertiary/aromatic N) is 1. The van der Waals surface area contributed by atoms with Crippen LogP contribution in [0.25, 0.3) is 0 Å². The number of anilines is 2. The first-order valence-corrected chi connectivity index (χ1v) is 5.44. The molecule has 16 heavy (non-hydrogen) atoms. The van der Waals surface area contributed by atoms with Crippen LogP contribution in [0.5, 0.6) is 5.75 Å². The summed E-state index contributed by atoms with van der Waals surface area (Å²) >= 11 is 6.02. The van der Waals surface area contributed by atoms with Gasteiger partial charge in [-0.25, -0.2) is 0 Å². The zero-order chi connectivity index (χ0) is 11.7. The lowest BCUT2D eigenvalue weighted by molar-refractivity contribution is -0.117. The second kappa shape index (κ2) is 4.22. The number of amides is 1. The summed E-state index contributed by atoms with van der Waals surface area (Å²) in [5.74, 6) is 0.589. The lowest BCUT2D eigenvalue weighted by atomic mass is 10.2. The molecule has 0 aliphatic carbocycles. The van der Waals surface area contributed by atoms with E-state index in [0.29, 0.717) is 35.1 Å². The molecule has 0 atom stereocenters. The van der Waals surface area contributed by atoms with Gasteiger partial charge in [0.25, 0.3) is 0 Å². The van der Waals surface area contributed by atoms with Crippen LogP contribution in [-0.2, 0) is 4.79 Å². The van der Waals surface area contributed by atoms with Crippen LogP contribution in [0.2, 0.25) is 5.02 Å². The van der Waals surface area contributed by atoms with E-state index in [4.69, 9.17) is 22.1 Å². The van der Waals surface area contributed by atoms with E-state index in [2.05, 4.69) is 0 Å². The molecule has 1 amide bonds. The maximum Gasteiger partial charge on any atom is 0.227 e. The van der Waals surface area contributed by atoms with Crippen LogP contribution in [0, 0.1) is 0 Å². The Bertz CT molecular complexity index is 434. The van der Waals surface area contributed by atoms with Gasteiger partial charge in [-0.05, 0) is 18.6 Å². The predicted molar refractivity (Wildman–Crippen MR) is 64.0 cm³/mol. The Morgan fingerprint density at radius 3 is 2.81 bits per heavy atom. The van der Waals surface area contributed by atoms with E-state index >= 15 is 0 Å². The van der Waals surface area contributed by atoms with Crippen LogP contribution >= 0.6 is 11.6 Å². The number of rotatable bonds is 2. The number of methoxy groups -OCH3 is 1. The van der Waals surface area contributed by atoms with Gasteiger partial charge in [0.2, 0.25) is 5.91 Å². The summed E-state index contributed by atoms with van der Waals surface area (Å²) in [6.45, 7) is 0.689. The van der Waals surface area contributed by atoms with Crippen molar-refractivity contribution < 1.29 is 9.53 Å². The highest BCUT2D eigenvalue weighted by Gasteiger charge is 2.25. The molecule has 2 rings (SSSR count). The molecule has 4 nitrogen and oxygen atoms in total. The van der Waals surface area contributed by atoms with Gasteiger partial charge in [-0.15, -0.1) is 0 Å². The van der Waals surface area contributed by atoms with Crippen LogP contribution in [0.3, 0.4) is 0 Å². The minimum atomic E-state index is 0.0833. The fraction of sp³-hybridized carbons (Fsp3) is 0.364. The molecule has 2 N–H and O–H groups in total. The molecule has 0 radical (unpaired) electrons. The molecular weight excluding hydrogens is 228 g/mol. The van der Waals surface area contributed by atoms with E-state index in [1.54, 1.807) is 17.0 Å². The Hall–Kier alpha value is -1.42. The highest BCUT2D eigenvalue weighted by molar-refractivity contribution is 6.33. The summed E-state index contributed by atoms with van der Waals surface area (Å²) in [5.41, 5.74) is 6.91. The summed E-state index contributed by atoms with van der Waals surface area (Å²) in [5, 5.41) is 0.428. The number of benzene rings is 1. The van der Waals surface area contributed by atoms with Crippen molar-refractivity contribution in [3.8, 4) is 5.75 Å². The Labute approximate surface area is 98.9 Å². The summed E-state index contributed by atoms with van der Waals surface area (Å²) in [7, 11) is 1.53. The fourth-order valence-corrected chi connectivity index (χ4v) is 2.20. The van der Waals surface area contributed by atoms with Crippen LogP contribution in [0.1, 0.15) is 12.8 Å². The molecule has 0 unspecified atom stereocenters. The quantitative estimate of drug-likeness (QED) is 0.805. The molecular formula is C11H13ClN2O2. The van der Waals surface area contributed by atoms with Crippen LogP contribution < -0.4 is 15.4 Å². The number of hydrogen-bond donors (Lipinski definition) is 1. The maximum atomic E-state index is 11.7. The molecule has 1 aromatic rings. The van der Waals surface area contributed by atoms with Crippen molar-refractivity contribution in [1.82, 2.24) is 0 Å². The number of nitrogens with two attached hydrogens (primary N) is 1. The fourth-order valence-electron chi connectivity index (χ4n) is 1.90. The Morgan fingerprint density at radius 2 is 2.25 bits per heavy atom. The van der Waals surface area contributed by atoms with Gasteiger partial charge in [0.05, 0.1) is 17.8 Å². The topological polar surface area (TPSA) is 55.6 Å². The van der Waals surface area contributed by atoms with E-state index < -0.39 is 0 Å². The van der Waals surface area contributed by atoms with Gasteiger partial charge in [-0.3, -0.25) is 4.79 Å². The maximum absolute atomic E-state index is 11.7. The molecule has 0 aromatic heterocycles. The first-order valence-electron chi connectivity index (χ1n) is 5.07. The summed E-state index contributed by atoms with van der Waals surface area (Å²) in [4.78, 5) is 13.3. The average molecular weight is 241 g/mol. The van der Waals surface area contributed by atoms with Gasteiger partial charge >= 0.3 is 0 Å². The molecule has 5 heteroatoms. The van der Waals surface area contributed by atoms with Gasteiger partial charge in [-0.2, -0.15) is 0 Å². The number of ether oxygens (including phenoxy) is 1. The third-order valence-electron chi connectivity index (χ3n) is 2.61. The van der Waals surface area contributed by atoms with Crippen LogP contribution in [-0.4, -0.2) is 19.6 Å².